The molecule has 2 aromatic rings. The summed E-state index contributed by atoms with van der Waals surface area (Å²) >= 11 is 1.68. The molecule has 0 bridgehead atoms. The van der Waals surface area contributed by atoms with Crippen LogP contribution in [0.2, 0.25) is 0 Å². The van der Waals surface area contributed by atoms with E-state index < -0.39 is 0 Å². The zero-order chi connectivity index (χ0) is 22.4. The molecular weight excluding hydrogens is 398 g/mol. The molecule has 1 heterocycles. The van der Waals surface area contributed by atoms with Crippen molar-refractivity contribution in [3.8, 4) is 17.1 Å². The van der Waals surface area contributed by atoms with Gasteiger partial charge in [-0.15, -0.1) is 10.2 Å². The molecule has 0 aliphatic carbocycles. The number of thioether (sulfide) groups is 1. The Morgan fingerprint density at radius 1 is 1.13 bits per heavy atom. The van der Waals surface area contributed by atoms with Crippen LogP contribution in [0.4, 0.5) is 0 Å². The minimum atomic E-state index is 0.785. The van der Waals surface area contributed by atoms with E-state index in [2.05, 4.69) is 46.0 Å². The quantitative estimate of drug-likeness (QED) is 0.286. The first kappa shape index (κ1) is 25.5. The molecule has 0 aliphatic heterocycles. The lowest BCUT2D eigenvalue weighted by Gasteiger charge is -2.11. The molecule has 0 spiro atoms. The van der Waals surface area contributed by atoms with Crippen molar-refractivity contribution in [1.82, 2.24) is 14.8 Å². The summed E-state index contributed by atoms with van der Waals surface area (Å²) in [6.07, 6.45) is 6.57. The van der Waals surface area contributed by atoms with Crippen molar-refractivity contribution in [1.29, 1.82) is 0 Å². The van der Waals surface area contributed by atoms with Crippen LogP contribution in [0.25, 0.3) is 11.4 Å². The Bertz CT molecular complexity index is 844. The van der Waals surface area contributed by atoms with E-state index in [1.165, 1.54) is 5.57 Å². The van der Waals surface area contributed by atoms with E-state index in [4.69, 9.17) is 9.47 Å². The standard InChI is InChI=1S/C21H27N3O2S.C2H6O/c1-6-11-17(25-4)14-16(7-2)15-27-21-23-22-20(24(21)8-3)18-12-9-10-13-19(18)26-5;1-3-2/h6,9-14H,1,7-8,15H2,2-5H3;1-2H3/b16-14+,17-11+;. The summed E-state index contributed by atoms with van der Waals surface area (Å²) in [4.78, 5) is 0. The molecule has 164 valence electrons. The van der Waals surface area contributed by atoms with Crippen molar-refractivity contribution in [2.24, 2.45) is 0 Å². The molecule has 0 saturated carbocycles. The van der Waals surface area contributed by atoms with Crippen molar-refractivity contribution in [3.05, 3.63) is 60.4 Å². The van der Waals surface area contributed by atoms with Gasteiger partial charge >= 0.3 is 0 Å². The average Bonchev–Trinajstić information content (AvgIpc) is 3.19. The molecule has 30 heavy (non-hydrogen) atoms. The van der Waals surface area contributed by atoms with Gasteiger partial charge in [0.05, 0.1) is 19.8 Å². The fourth-order valence-corrected chi connectivity index (χ4v) is 3.68. The third-order valence-corrected chi connectivity index (χ3v) is 5.16. The highest BCUT2D eigenvalue weighted by molar-refractivity contribution is 7.99. The molecule has 7 heteroatoms. The normalized spacial score (nSPS) is 11.5. The number of nitrogens with zero attached hydrogens (tertiary/aromatic N) is 3. The van der Waals surface area contributed by atoms with E-state index in [0.29, 0.717) is 0 Å². The van der Waals surface area contributed by atoms with E-state index >= 15 is 0 Å². The monoisotopic (exact) mass is 431 g/mol. The Morgan fingerprint density at radius 3 is 2.40 bits per heavy atom. The predicted octanol–water partition coefficient (Wildman–Crippen LogP) is 5.38. The second-order valence-electron chi connectivity index (χ2n) is 6.11. The number of hydrogen-bond donors (Lipinski definition) is 0. The molecule has 0 unspecified atom stereocenters. The number of aromatic nitrogens is 3. The largest absolute Gasteiger partial charge is 0.497 e. The maximum Gasteiger partial charge on any atom is 0.191 e. The maximum atomic E-state index is 5.48. The Morgan fingerprint density at radius 2 is 1.83 bits per heavy atom. The number of methoxy groups -OCH3 is 3. The number of allylic oxidation sites excluding steroid dienone is 3. The predicted molar refractivity (Wildman–Crippen MR) is 125 cm³/mol. The van der Waals surface area contributed by atoms with Gasteiger partial charge in [0.2, 0.25) is 0 Å². The lowest BCUT2D eigenvalue weighted by Crippen LogP contribution is -2.01. The van der Waals surface area contributed by atoms with Gasteiger partial charge in [0, 0.05) is 26.5 Å². The third kappa shape index (κ3) is 7.39. The highest BCUT2D eigenvalue weighted by Gasteiger charge is 2.16. The Balaban J connectivity index is 0.00000141. The molecule has 0 N–H and O–H groups in total. The van der Waals surface area contributed by atoms with Crippen LogP contribution in [-0.4, -0.2) is 49.0 Å². The summed E-state index contributed by atoms with van der Waals surface area (Å²) < 4.78 is 17.2. The van der Waals surface area contributed by atoms with Gasteiger partial charge in [0.15, 0.2) is 11.0 Å². The fraction of sp³-hybridized carbons (Fsp3) is 0.391. The van der Waals surface area contributed by atoms with Gasteiger partial charge in [-0.05, 0) is 37.6 Å². The van der Waals surface area contributed by atoms with Gasteiger partial charge in [0.1, 0.15) is 11.5 Å². The first-order valence-electron chi connectivity index (χ1n) is 9.75. The number of rotatable bonds is 10. The summed E-state index contributed by atoms with van der Waals surface area (Å²) in [7, 11) is 6.59. The van der Waals surface area contributed by atoms with Crippen LogP contribution in [0.5, 0.6) is 5.75 Å². The highest BCUT2D eigenvalue weighted by atomic mass is 32.2. The third-order valence-electron chi connectivity index (χ3n) is 4.09. The van der Waals surface area contributed by atoms with Gasteiger partial charge in [-0.2, -0.15) is 0 Å². The van der Waals surface area contributed by atoms with Crippen LogP contribution in [0.15, 0.2) is 65.6 Å². The van der Waals surface area contributed by atoms with Crippen LogP contribution in [0, 0.1) is 0 Å². The second kappa shape index (κ2) is 14.5. The van der Waals surface area contributed by atoms with Gasteiger partial charge in [-0.3, -0.25) is 0 Å². The summed E-state index contributed by atoms with van der Waals surface area (Å²) in [5.74, 6) is 3.24. The molecule has 1 aromatic heterocycles. The van der Waals surface area contributed by atoms with Gasteiger partial charge in [-0.1, -0.05) is 49.0 Å². The molecule has 0 aliphatic rings. The van der Waals surface area contributed by atoms with Gasteiger partial charge < -0.3 is 18.8 Å². The molecular formula is C23H33N3O3S. The van der Waals surface area contributed by atoms with Crippen LogP contribution in [0.3, 0.4) is 0 Å². The van der Waals surface area contributed by atoms with Crippen LogP contribution in [-0.2, 0) is 16.0 Å². The van der Waals surface area contributed by atoms with Crippen molar-refractivity contribution >= 4 is 11.8 Å². The zero-order valence-corrected chi connectivity index (χ0v) is 19.7. The van der Waals surface area contributed by atoms with Crippen molar-refractivity contribution in [3.63, 3.8) is 0 Å². The molecule has 0 atom stereocenters. The minimum Gasteiger partial charge on any atom is -0.497 e. The minimum absolute atomic E-state index is 0.785. The molecule has 0 fully saturated rings. The summed E-state index contributed by atoms with van der Waals surface area (Å²) in [5, 5.41) is 9.72. The highest BCUT2D eigenvalue weighted by Crippen LogP contribution is 2.31. The van der Waals surface area contributed by atoms with E-state index in [1.807, 2.05) is 30.3 Å². The molecule has 0 radical (unpaired) electrons. The number of benzene rings is 1. The Labute approximate surface area is 184 Å². The topological polar surface area (TPSA) is 58.4 Å². The van der Waals surface area contributed by atoms with E-state index in [1.54, 1.807) is 46.3 Å². The zero-order valence-electron chi connectivity index (χ0n) is 18.8. The SMILES string of the molecule is C=C/C=C(\C=C(/CC)CSc1nnc(-c2ccccc2OC)n1CC)OC.COC. The maximum absolute atomic E-state index is 5.48. The number of hydrogen-bond acceptors (Lipinski definition) is 6. The van der Waals surface area contributed by atoms with E-state index in [-0.39, 0.29) is 0 Å². The van der Waals surface area contributed by atoms with E-state index in [9.17, 15) is 0 Å². The van der Waals surface area contributed by atoms with Crippen LogP contribution >= 0.6 is 11.8 Å². The van der Waals surface area contributed by atoms with Gasteiger partial charge in [-0.25, -0.2) is 0 Å². The first-order valence-corrected chi connectivity index (χ1v) is 10.7. The molecule has 1 aromatic carbocycles. The number of para-hydroxylation sites is 1. The average molecular weight is 432 g/mol. The van der Waals surface area contributed by atoms with Crippen molar-refractivity contribution in [2.75, 3.05) is 34.2 Å². The smallest absolute Gasteiger partial charge is 0.191 e. The van der Waals surface area contributed by atoms with Crippen LogP contribution < -0.4 is 4.74 Å². The molecule has 2 rings (SSSR count). The molecule has 0 amide bonds. The Hall–Kier alpha value is -2.51. The lowest BCUT2D eigenvalue weighted by atomic mass is 10.2. The van der Waals surface area contributed by atoms with Crippen LogP contribution in [0.1, 0.15) is 20.3 Å². The van der Waals surface area contributed by atoms with E-state index in [0.717, 1.165) is 46.8 Å². The lowest BCUT2D eigenvalue weighted by molar-refractivity contribution is 0.277. The molecule has 0 saturated heterocycles. The fourth-order valence-electron chi connectivity index (χ4n) is 2.60. The van der Waals surface area contributed by atoms with Crippen molar-refractivity contribution < 1.29 is 14.2 Å². The summed E-state index contributed by atoms with van der Waals surface area (Å²) in [6, 6.07) is 7.88. The van der Waals surface area contributed by atoms with Crippen molar-refractivity contribution in [2.45, 2.75) is 32.0 Å². The summed E-state index contributed by atoms with van der Waals surface area (Å²) in [6.45, 7) is 8.74. The van der Waals surface area contributed by atoms with Gasteiger partial charge in [0.25, 0.3) is 0 Å². The number of ether oxygens (including phenoxy) is 3. The summed E-state index contributed by atoms with van der Waals surface area (Å²) in [5.41, 5.74) is 2.21. The first-order chi connectivity index (χ1) is 14.6. The molecule has 6 nitrogen and oxygen atoms in total. The Kier molecular flexibility index (Phi) is 12.3. The second-order valence-corrected chi connectivity index (χ2v) is 7.06.